The number of aliphatic hydroxyl groups is 1. The summed E-state index contributed by atoms with van der Waals surface area (Å²) in [4.78, 5) is 10.3. The highest BCUT2D eigenvalue weighted by Crippen LogP contribution is 2.12. The third-order valence-electron chi connectivity index (χ3n) is 1.71. The third kappa shape index (κ3) is 1.27. The maximum atomic E-state index is 10.3. The van der Waals surface area contributed by atoms with Crippen LogP contribution in [0.25, 0.3) is 0 Å². The van der Waals surface area contributed by atoms with Gasteiger partial charge in [-0.25, -0.2) is 0 Å². The van der Waals surface area contributed by atoms with Gasteiger partial charge in [-0.1, -0.05) is 0 Å². The number of carbonyl (C=O) groups is 1. The number of nitrogens with one attached hydrogen (secondary N) is 1. The fourth-order valence-corrected chi connectivity index (χ4v) is 1.22. The topological polar surface area (TPSA) is 69.6 Å². The Bertz CT molecular complexity index is 148. The van der Waals surface area contributed by atoms with Crippen LogP contribution >= 0.6 is 0 Å². The lowest BCUT2D eigenvalue weighted by Gasteiger charge is -2.07. The predicted octanol–water partition coefficient (Wildman–Crippen LogP) is -0.818. The molecule has 1 saturated heterocycles. The fraction of sp³-hybridized carbons (Fsp3) is 0.833. The van der Waals surface area contributed by atoms with Crippen LogP contribution in [0.15, 0.2) is 0 Å². The van der Waals surface area contributed by atoms with E-state index in [9.17, 15) is 4.79 Å². The van der Waals surface area contributed by atoms with Crippen molar-refractivity contribution in [3.63, 3.8) is 0 Å². The molecule has 4 nitrogen and oxygen atoms in total. The summed E-state index contributed by atoms with van der Waals surface area (Å²) in [5.41, 5.74) is 0. The van der Waals surface area contributed by atoms with Gasteiger partial charge in [-0.15, -0.1) is 0 Å². The van der Waals surface area contributed by atoms with E-state index in [4.69, 9.17) is 10.2 Å². The van der Waals surface area contributed by atoms with Crippen LogP contribution in [-0.4, -0.2) is 34.4 Å². The van der Waals surface area contributed by atoms with Crippen molar-refractivity contribution in [2.24, 2.45) is 0 Å². The monoisotopic (exact) mass is 145 g/mol. The highest BCUT2D eigenvalue weighted by Gasteiger charge is 2.34. The van der Waals surface area contributed by atoms with E-state index in [0.717, 1.165) is 0 Å². The number of carboxylic acids is 1. The zero-order valence-electron chi connectivity index (χ0n) is 5.74. The molecular weight excluding hydrogens is 134 g/mol. The lowest BCUT2D eigenvalue weighted by Crippen LogP contribution is -2.39. The molecule has 10 heavy (non-hydrogen) atoms. The van der Waals surface area contributed by atoms with Crippen molar-refractivity contribution in [1.82, 2.24) is 5.32 Å². The van der Waals surface area contributed by atoms with Crippen molar-refractivity contribution in [1.29, 1.82) is 0 Å². The van der Waals surface area contributed by atoms with Crippen LogP contribution in [0.2, 0.25) is 0 Å². The SMILES string of the molecule is C[C@@H]1C[C@@H](O)[C@@H](C(=O)O)N1. The number of aliphatic hydroxyl groups excluding tert-OH is 1. The van der Waals surface area contributed by atoms with Crippen molar-refractivity contribution < 1.29 is 15.0 Å². The molecule has 0 amide bonds. The first kappa shape index (κ1) is 7.50. The Morgan fingerprint density at radius 1 is 1.70 bits per heavy atom. The van der Waals surface area contributed by atoms with E-state index in [1.807, 2.05) is 6.92 Å². The summed E-state index contributed by atoms with van der Waals surface area (Å²) in [6, 6.07) is -0.661. The average molecular weight is 145 g/mol. The first-order valence-corrected chi connectivity index (χ1v) is 3.28. The third-order valence-corrected chi connectivity index (χ3v) is 1.71. The van der Waals surface area contributed by atoms with Gasteiger partial charge in [0.2, 0.25) is 0 Å². The zero-order chi connectivity index (χ0) is 7.72. The Balaban J connectivity index is 2.54. The first-order chi connectivity index (χ1) is 4.61. The second kappa shape index (κ2) is 2.56. The van der Waals surface area contributed by atoms with E-state index in [1.54, 1.807) is 0 Å². The van der Waals surface area contributed by atoms with Crippen molar-refractivity contribution in [3.05, 3.63) is 0 Å². The van der Waals surface area contributed by atoms with Gasteiger partial charge in [-0.05, 0) is 13.3 Å². The highest BCUT2D eigenvalue weighted by atomic mass is 16.4. The van der Waals surface area contributed by atoms with E-state index >= 15 is 0 Å². The molecular formula is C6H11NO3. The lowest BCUT2D eigenvalue weighted by molar-refractivity contribution is -0.141. The van der Waals surface area contributed by atoms with Gasteiger partial charge in [0.1, 0.15) is 6.04 Å². The summed E-state index contributed by atoms with van der Waals surface area (Å²) in [6.07, 6.45) is -0.204. The molecule has 58 valence electrons. The van der Waals surface area contributed by atoms with E-state index < -0.39 is 18.1 Å². The van der Waals surface area contributed by atoms with Crippen molar-refractivity contribution in [3.8, 4) is 0 Å². The van der Waals surface area contributed by atoms with Crippen molar-refractivity contribution in [2.75, 3.05) is 0 Å². The van der Waals surface area contributed by atoms with Crippen LogP contribution in [0.4, 0.5) is 0 Å². The molecule has 0 aromatic heterocycles. The predicted molar refractivity (Wildman–Crippen MR) is 34.6 cm³/mol. The van der Waals surface area contributed by atoms with Gasteiger partial charge in [0.25, 0.3) is 0 Å². The lowest BCUT2D eigenvalue weighted by atomic mass is 10.1. The Morgan fingerprint density at radius 2 is 2.30 bits per heavy atom. The molecule has 0 spiro atoms. The van der Waals surface area contributed by atoms with E-state index in [-0.39, 0.29) is 6.04 Å². The summed E-state index contributed by atoms with van der Waals surface area (Å²) < 4.78 is 0. The summed E-state index contributed by atoms with van der Waals surface area (Å²) >= 11 is 0. The molecule has 0 aromatic rings. The molecule has 3 N–H and O–H groups in total. The van der Waals surface area contributed by atoms with Gasteiger partial charge in [0.15, 0.2) is 0 Å². The molecule has 0 bridgehead atoms. The minimum absolute atomic E-state index is 0.107. The fourth-order valence-electron chi connectivity index (χ4n) is 1.22. The van der Waals surface area contributed by atoms with Crippen LogP contribution in [0, 0.1) is 0 Å². The van der Waals surface area contributed by atoms with E-state index in [1.165, 1.54) is 0 Å². The van der Waals surface area contributed by atoms with Crippen LogP contribution in [-0.2, 0) is 4.79 Å². The number of rotatable bonds is 1. The van der Waals surface area contributed by atoms with Crippen LogP contribution < -0.4 is 5.32 Å². The van der Waals surface area contributed by atoms with E-state index in [2.05, 4.69) is 5.32 Å². The van der Waals surface area contributed by atoms with Crippen molar-refractivity contribution in [2.45, 2.75) is 31.5 Å². The Morgan fingerprint density at radius 3 is 2.50 bits per heavy atom. The summed E-state index contributed by atoms with van der Waals surface area (Å²) in [5.74, 6) is -0.975. The van der Waals surface area contributed by atoms with Crippen molar-refractivity contribution >= 4 is 5.97 Å². The van der Waals surface area contributed by atoms with Gasteiger partial charge in [0, 0.05) is 6.04 Å². The minimum atomic E-state index is -0.975. The molecule has 0 radical (unpaired) electrons. The van der Waals surface area contributed by atoms with Crippen LogP contribution in [0.3, 0.4) is 0 Å². The zero-order valence-corrected chi connectivity index (χ0v) is 5.74. The normalized spacial score (nSPS) is 40.0. The molecule has 3 atom stereocenters. The molecule has 1 aliphatic rings. The Hall–Kier alpha value is -0.610. The smallest absolute Gasteiger partial charge is 0.323 e. The molecule has 1 fully saturated rings. The quantitative estimate of drug-likeness (QED) is 0.451. The maximum Gasteiger partial charge on any atom is 0.323 e. The highest BCUT2D eigenvalue weighted by molar-refractivity contribution is 5.74. The second-order valence-electron chi connectivity index (χ2n) is 2.69. The summed E-state index contributed by atoms with van der Waals surface area (Å²) in [5, 5.41) is 20.3. The molecule has 0 aliphatic carbocycles. The molecule has 0 unspecified atom stereocenters. The first-order valence-electron chi connectivity index (χ1n) is 3.28. The summed E-state index contributed by atoms with van der Waals surface area (Å²) in [7, 11) is 0. The summed E-state index contributed by atoms with van der Waals surface area (Å²) in [6.45, 7) is 1.85. The molecule has 0 aromatic carbocycles. The van der Waals surface area contributed by atoms with Gasteiger partial charge in [-0.3, -0.25) is 10.1 Å². The molecule has 0 saturated carbocycles. The number of hydrogen-bond acceptors (Lipinski definition) is 3. The number of carboxylic acid groups (broad SMARTS) is 1. The van der Waals surface area contributed by atoms with Gasteiger partial charge in [-0.2, -0.15) is 0 Å². The number of hydrogen-bond donors (Lipinski definition) is 3. The Kier molecular flexibility index (Phi) is 1.92. The average Bonchev–Trinajstić information content (AvgIpc) is 2.10. The van der Waals surface area contributed by atoms with Gasteiger partial charge in [0.05, 0.1) is 6.10 Å². The largest absolute Gasteiger partial charge is 0.480 e. The molecule has 1 heterocycles. The van der Waals surface area contributed by atoms with Gasteiger partial charge < -0.3 is 10.2 Å². The maximum absolute atomic E-state index is 10.3. The minimum Gasteiger partial charge on any atom is -0.480 e. The number of aliphatic carboxylic acids is 1. The van der Waals surface area contributed by atoms with Gasteiger partial charge >= 0.3 is 5.97 Å². The molecule has 1 aliphatic heterocycles. The second-order valence-corrected chi connectivity index (χ2v) is 2.69. The van der Waals surface area contributed by atoms with E-state index in [0.29, 0.717) is 6.42 Å². The standard InChI is InChI=1S/C6H11NO3/c1-3-2-4(8)5(7-3)6(9)10/h3-5,7-8H,2H2,1H3,(H,9,10)/t3-,4-,5+/m1/s1. The molecule has 4 heteroatoms. The molecule has 1 rings (SSSR count). The van der Waals surface area contributed by atoms with Crippen LogP contribution in [0.5, 0.6) is 0 Å². The van der Waals surface area contributed by atoms with Crippen LogP contribution in [0.1, 0.15) is 13.3 Å². The Labute approximate surface area is 58.9 Å².